The molecule has 0 atom stereocenters. The SMILES string of the molecule is O=S(=O)(Cc1ccccc1Cl)NCC1(c2ccsc2)CC1. The lowest BCUT2D eigenvalue weighted by molar-refractivity contribution is 0.566. The molecule has 1 heterocycles. The van der Waals surface area contributed by atoms with Crippen molar-refractivity contribution in [1.82, 2.24) is 4.72 Å². The summed E-state index contributed by atoms with van der Waals surface area (Å²) in [5, 5.41) is 4.63. The molecule has 1 aromatic carbocycles. The average Bonchev–Trinajstić information content (AvgIpc) is 3.03. The zero-order valence-electron chi connectivity index (χ0n) is 11.4. The molecule has 0 unspecified atom stereocenters. The minimum Gasteiger partial charge on any atom is -0.214 e. The molecule has 1 N–H and O–H groups in total. The fourth-order valence-electron chi connectivity index (χ4n) is 2.40. The Hall–Kier alpha value is -0.880. The number of nitrogens with one attached hydrogen (secondary N) is 1. The summed E-state index contributed by atoms with van der Waals surface area (Å²) in [6.07, 6.45) is 2.08. The number of thiophene rings is 1. The van der Waals surface area contributed by atoms with Crippen LogP contribution in [-0.2, 0) is 21.2 Å². The normalized spacial score (nSPS) is 16.8. The van der Waals surface area contributed by atoms with Gasteiger partial charge in [0.1, 0.15) is 0 Å². The van der Waals surface area contributed by atoms with E-state index >= 15 is 0 Å². The first-order chi connectivity index (χ1) is 10.0. The third-order valence-electron chi connectivity index (χ3n) is 3.92. The van der Waals surface area contributed by atoms with Crippen LogP contribution in [0.25, 0.3) is 0 Å². The molecule has 112 valence electrons. The van der Waals surface area contributed by atoms with E-state index in [-0.39, 0.29) is 11.2 Å². The molecule has 21 heavy (non-hydrogen) atoms. The Morgan fingerprint density at radius 2 is 2.00 bits per heavy atom. The highest BCUT2D eigenvalue weighted by molar-refractivity contribution is 7.88. The third-order valence-corrected chi connectivity index (χ3v) is 6.25. The van der Waals surface area contributed by atoms with Gasteiger partial charge in [0, 0.05) is 17.0 Å². The predicted molar refractivity (Wildman–Crippen MR) is 87.3 cm³/mol. The van der Waals surface area contributed by atoms with E-state index in [2.05, 4.69) is 16.2 Å². The van der Waals surface area contributed by atoms with Crippen LogP contribution < -0.4 is 4.72 Å². The molecular formula is C15H16ClNO2S2. The highest BCUT2D eigenvalue weighted by Gasteiger charge is 2.44. The van der Waals surface area contributed by atoms with E-state index in [1.165, 1.54) is 5.56 Å². The third kappa shape index (κ3) is 3.48. The fraction of sp³-hybridized carbons (Fsp3) is 0.333. The lowest BCUT2D eigenvalue weighted by Gasteiger charge is -2.15. The molecule has 1 saturated carbocycles. The minimum absolute atomic E-state index is 0.00749. The molecule has 1 aliphatic carbocycles. The summed E-state index contributed by atoms with van der Waals surface area (Å²) < 4.78 is 27.2. The molecule has 0 saturated heterocycles. The molecule has 1 fully saturated rings. The molecule has 6 heteroatoms. The van der Waals surface area contributed by atoms with Gasteiger partial charge in [0.15, 0.2) is 0 Å². The van der Waals surface area contributed by atoms with Gasteiger partial charge in [-0.15, -0.1) is 0 Å². The Balaban J connectivity index is 1.66. The summed E-state index contributed by atoms with van der Waals surface area (Å²) in [5.41, 5.74) is 1.88. The molecular weight excluding hydrogens is 326 g/mol. The molecule has 0 amide bonds. The van der Waals surface area contributed by atoms with Crippen LogP contribution in [0.3, 0.4) is 0 Å². The molecule has 3 nitrogen and oxygen atoms in total. The van der Waals surface area contributed by atoms with Crippen LogP contribution in [0.15, 0.2) is 41.1 Å². The lowest BCUT2D eigenvalue weighted by Crippen LogP contribution is -2.33. The first kappa shape index (κ1) is 15.0. The molecule has 0 bridgehead atoms. The summed E-state index contributed by atoms with van der Waals surface area (Å²) in [4.78, 5) is 0. The summed E-state index contributed by atoms with van der Waals surface area (Å²) in [7, 11) is -3.37. The smallest absolute Gasteiger partial charge is 0.214 e. The Labute approximate surface area is 134 Å². The van der Waals surface area contributed by atoms with Crippen molar-refractivity contribution in [2.75, 3.05) is 6.54 Å². The summed E-state index contributed by atoms with van der Waals surface area (Å²) in [6, 6.07) is 9.12. The monoisotopic (exact) mass is 341 g/mol. The van der Waals surface area contributed by atoms with E-state index in [9.17, 15) is 8.42 Å². The van der Waals surface area contributed by atoms with Crippen molar-refractivity contribution in [3.05, 3.63) is 57.2 Å². The molecule has 1 aliphatic rings. The quantitative estimate of drug-likeness (QED) is 0.873. The summed E-state index contributed by atoms with van der Waals surface area (Å²) in [5.74, 6) is -0.0770. The van der Waals surface area contributed by atoms with Crippen LogP contribution in [0.2, 0.25) is 5.02 Å². The number of sulfonamides is 1. The second-order valence-electron chi connectivity index (χ2n) is 5.46. The molecule has 0 spiro atoms. The van der Waals surface area contributed by atoms with E-state index in [1.807, 2.05) is 5.38 Å². The van der Waals surface area contributed by atoms with Gasteiger partial charge in [0.2, 0.25) is 10.0 Å². The largest absolute Gasteiger partial charge is 0.215 e. The predicted octanol–water partition coefficient (Wildman–Crippen LogP) is 3.55. The number of benzene rings is 1. The zero-order valence-corrected chi connectivity index (χ0v) is 13.8. The second-order valence-corrected chi connectivity index (χ2v) is 8.46. The van der Waals surface area contributed by atoms with Gasteiger partial charge in [0.25, 0.3) is 0 Å². The first-order valence-corrected chi connectivity index (χ1v) is 9.72. The Bertz CT molecular complexity index is 722. The van der Waals surface area contributed by atoms with Gasteiger partial charge < -0.3 is 0 Å². The summed E-state index contributed by atoms with van der Waals surface area (Å²) >= 11 is 7.67. The number of rotatable bonds is 6. The van der Waals surface area contributed by atoms with Gasteiger partial charge in [-0.3, -0.25) is 0 Å². The number of hydrogen-bond acceptors (Lipinski definition) is 3. The van der Waals surface area contributed by atoms with Crippen LogP contribution in [0.1, 0.15) is 24.0 Å². The molecule has 2 aromatic rings. The van der Waals surface area contributed by atoms with Gasteiger partial charge in [-0.1, -0.05) is 29.8 Å². The standard InChI is InChI=1S/C15H16ClNO2S2/c16-14-4-2-1-3-12(14)10-21(18,19)17-11-15(6-7-15)13-5-8-20-9-13/h1-5,8-9,17H,6-7,10-11H2. The van der Waals surface area contributed by atoms with Crippen molar-refractivity contribution < 1.29 is 8.42 Å². The number of halogens is 1. The molecule has 3 rings (SSSR count). The van der Waals surface area contributed by atoms with Gasteiger partial charge in [0.05, 0.1) is 5.75 Å². The van der Waals surface area contributed by atoms with Crippen molar-refractivity contribution >= 4 is 33.0 Å². The van der Waals surface area contributed by atoms with Gasteiger partial charge in [-0.25, -0.2) is 13.1 Å². The Morgan fingerprint density at radius 3 is 2.62 bits per heavy atom. The summed E-state index contributed by atoms with van der Waals surface area (Å²) in [6.45, 7) is 0.469. The minimum atomic E-state index is -3.37. The van der Waals surface area contributed by atoms with Crippen LogP contribution in [0, 0.1) is 0 Å². The van der Waals surface area contributed by atoms with Crippen molar-refractivity contribution in [2.45, 2.75) is 24.0 Å². The van der Waals surface area contributed by atoms with Crippen molar-refractivity contribution in [3.8, 4) is 0 Å². The van der Waals surface area contributed by atoms with Crippen LogP contribution in [0.5, 0.6) is 0 Å². The van der Waals surface area contributed by atoms with E-state index in [1.54, 1.807) is 35.6 Å². The maximum atomic E-state index is 12.2. The van der Waals surface area contributed by atoms with Crippen LogP contribution in [-0.4, -0.2) is 15.0 Å². The van der Waals surface area contributed by atoms with Gasteiger partial charge in [-0.05, 0) is 46.9 Å². The Morgan fingerprint density at radius 1 is 1.24 bits per heavy atom. The Kier molecular flexibility index (Phi) is 4.10. The highest BCUT2D eigenvalue weighted by Crippen LogP contribution is 2.48. The second kappa shape index (κ2) is 5.72. The van der Waals surface area contributed by atoms with Crippen molar-refractivity contribution in [2.24, 2.45) is 0 Å². The fourth-order valence-corrected chi connectivity index (χ4v) is 4.72. The lowest BCUT2D eigenvalue weighted by atomic mass is 10.0. The number of hydrogen-bond donors (Lipinski definition) is 1. The van der Waals surface area contributed by atoms with Crippen LogP contribution >= 0.6 is 22.9 Å². The maximum Gasteiger partial charge on any atom is 0.215 e. The van der Waals surface area contributed by atoms with E-state index in [0.717, 1.165) is 12.8 Å². The molecule has 0 aliphatic heterocycles. The topological polar surface area (TPSA) is 46.2 Å². The van der Waals surface area contributed by atoms with Crippen LogP contribution in [0.4, 0.5) is 0 Å². The zero-order chi connectivity index (χ0) is 14.9. The van der Waals surface area contributed by atoms with E-state index in [0.29, 0.717) is 17.1 Å². The average molecular weight is 342 g/mol. The molecule has 0 radical (unpaired) electrons. The highest BCUT2D eigenvalue weighted by atomic mass is 35.5. The van der Waals surface area contributed by atoms with Crippen molar-refractivity contribution in [1.29, 1.82) is 0 Å². The first-order valence-electron chi connectivity index (χ1n) is 6.74. The van der Waals surface area contributed by atoms with Gasteiger partial charge >= 0.3 is 0 Å². The van der Waals surface area contributed by atoms with Gasteiger partial charge in [-0.2, -0.15) is 11.3 Å². The van der Waals surface area contributed by atoms with Crippen molar-refractivity contribution in [3.63, 3.8) is 0 Å². The molecule has 1 aromatic heterocycles. The van der Waals surface area contributed by atoms with E-state index < -0.39 is 10.0 Å². The maximum absolute atomic E-state index is 12.2. The van der Waals surface area contributed by atoms with E-state index in [4.69, 9.17) is 11.6 Å².